The van der Waals surface area contributed by atoms with Gasteiger partial charge in [-0.2, -0.15) is 4.31 Å². The van der Waals surface area contributed by atoms with Crippen molar-refractivity contribution in [2.45, 2.75) is 44.2 Å². The Balaban J connectivity index is 1.94. The molecule has 5 heteroatoms. The van der Waals surface area contributed by atoms with Gasteiger partial charge in [0.25, 0.3) is 0 Å². The number of piperidine rings is 1. The lowest BCUT2D eigenvalue weighted by atomic mass is 10.1. The minimum absolute atomic E-state index is 0.295. The average Bonchev–Trinajstić information content (AvgIpc) is 2.97. The summed E-state index contributed by atoms with van der Waals surface area (Å²) in [6.45, 7) is 1.70. The summed E-state index contributed by atoms with van der Waals surface area (Å²) in [4.78, 5) is 0. The number of rotatable bonds is 4. The number of sulfonamides is 1. The standard InChI is InChI=1S/C10H20N2O2S/c1-15(13,14)12(10-5-6-10)8-9-4-2-3-7-11-9/h9-11H,2-8H2,1H3. The molecule has 1 aliphatic heterocycles. The Morgan fingerprint density at radius 2 is 2.00 bits per heavy atom. The van der Waals surface area contributed by atoms with Crippen LogP contribution in [0.3, 0.4) is 0 Å². The second-order valence-corrected chi connectivity index (χ2v) is 6.65. The van der Waals surface area contributed by atoms with Crippen LogP contribution in [0.4, 0.5) is 0 Å². The predicted molar refractivity (Wildman–Crippen MR) is 60.2 cm³/mol. The topological polar surface area (TPSA) is 49.4 Å². The Morgan fingerprint density at radius 3 is 2.47 bits per heavy atom. The van der Waals surface area contributed by atoms with Gasteiger partial charge >= 0.3 is 0 Å². The van der Waals surface area contributed by atoms with E-state index in [2.05, 4.69) is 5.32 Å². The van der Waals surface area contributed by atoms with E-state index in [9.17, 15) is 8.42 Å². The third-order valence-corrected chi connectivity index (χ3v) is 4.49. The smallest absolute Gasteiger partial charge is 0.211 e. The molecule has 2 rings (SSSR count). The molecule has 1 N–H and O–H groups in total. The molecular formula is C10H20N2O2S. The normalized spacial score (nSPS) is 28.3. The Morgan fingerprint density at radius 1 is 1.27 bits per heavy atom. The fourth-order valence-corrected chi connectivity index (χ4v) is 3.42. The van der Waals surface area contributed by atoms with Gasteiger partial charge < -0.3 is 5.32 Å². The first-order valence-corrected chi connectivity index (χ1v) is 7.62. The summed E-state index contributed by atoms with van der Waals surface area (Å²) in [7, 11) is -3.01. The van der Waals surface area contributed by atoms with Crippen LogP contribution < -0.4 is 5.32 Å². The number of hydrogen-bond acceptors (Lipinski definition) is 3. The molecule has 0 bridgehead atoms. The van der Waals surface area contributed by atoms with Gasteiger partial charge in [0.1, 0.15) is 0 Å². The lowest BCUT2D eigenvalue weighted by Gasteiger charge is -2.29. The molecule has 15 heavy (non-hydrogen) atoms. The molecule has 1 saturated carbocycles. The van der Waals surface area contributed by atoms with Crippen LogP contribution in [0.15, 0.2) is 0 Å². The lowest BCUT2D eigenvalue weighted by molar-refractivity contribution is 0.309. The maximum Gasteiger partial charge on any atom is 0.211 e. The largest absolute Gasteiger partial charge is 0.313 e. The molecule has 1 atom stereocenters. The van der Waals surface area contributed by atoms with Crippen LogP contribution in [0.25, 0.3) is 0 Å². The number of nitrogens with zero attached hydrogens (tertiary/aromatic N) is 1. The zero-order valence-electron chi connectivity index (χ0n) is 9.28. The molecule has 0 amide bonds. The predicted octanol–water partition coefficient (Wildman–Crippen LogP) is 0.552. The van der Waals surface area contributed by atoms with E-state index in [-0.39, 0.29) is 0 Å². The average molecular weight is 232 g/mol. The first kappa shape index (κ1) is 11.4. The van der Waals surface area contributed by atoms with Crippen molar-refractivity contribution in [2.24, 2.45) is 0 Å². The van der Waals surface area contributed by atoms with Gasteiger partial charge in [-0.05, 0) is 32.2 Å². The van der Waals surface area contributed by atoms with Gasteiger partial charge in [0.15, 0.2) is 0 Å². The van der Waals surface area contributed by atoms with Crippen molar-refractivity contribution in [1.82, 2.24) is 9.62 Å². The SMILES string of the molecule is CS(=O)(=O)N(CC1CCCCN1)C1CC1. The van der Waals surface area contributed by atoms with E-state index in [0.29, 0.717) is 18.6 Å². The molecule has 1 heterocycles. The van der Waals surface area contributed by atoms with Gasteiger partial charge in [-0.25, -0.2) is 8.42 Å². The third-order valence-electron chi connectivity index (χ3n) is 3.19. The molecule has 2 aliphatic rings. The fraction of sp³-hybridized carbons (Fsp3) is 1.00. The Bertz CT molecular complexity index is 305. The number of nitrogens with one attached hydrogen (secondary N) is 1. The van der Waals surface area contributed by atoms with E-state index in [1.165, 1.54) is 19.1 Å². The first-order valence-electron chi connectivity index (χ1n) is 5.77. The van der Waals surface area contributed by atoms with Gasteiger partial charge in [-0.15, -0.1) is 0 Å². The summed E-state index contributed by atoms with van der Waals surface area (Å²) in [6, 6.07) is 0.665. The molecule has 2 fully saturated rings. The van der Waals surface area contributed by atoms with E-state index in [0.717, 1.165) is 25.8 Å². The summed E-state index contributed by atoms with van der Waals surface area (Å²) >= 11 is 0. The molecular weight excluding hydrogens is 212 g/mol. The minimum Gasteiger partial charge on any atom is -0.313 e. The molecule has 4 nitrogen and oxygen atoms in total. The molecule has 88 valence electrons. The van der Waals surface area contributed by atoms with Gasteiger partial charge in [-0.3, -0.25) is 0 Å². The molecule has 0 aromatic rings. The number of hydrogen-bond donors (Lipinski definition) is 1. The highest BCUT2D eigenvalue weighted by Crippen LogP contribution is 2.29. The lowest BCUT2D eigenvalue weighted by Crippen LogP contribution is -2.46. The molecule has 0 aromatic carbocycles. The van der Waals surface area contributed by atoms with Gasteiger partial charge in [-0.1, -0.05) is 6.42 Å². The summed E-state index contributed by atoms with van der Waals surface area (Å²) in [5, 5.41) is 3.40. The van der Waals surface area contributed by atoms with E-state index < -0.39 is 10.0 Å². The highest BCUT2D eigenvalue weighted by molar-refractivity contribution is 7.88. The highest BCUT2D eigenvalue weighted by Gasteiger charge is 2.36. The quantitative estimate of drug-likeness (QED) is 0.770. The maximum atomic E-state index is 11.6. The van der Waals surface area contributed by atoms with E-state index in [4.69, 9.17) is 0 Å². The minimum atomic E-state index is -3.01. The Labute approximate surface area is 92.1 Å². The van der Waals surface area contributed by atoms with Crippen molar-refractivity contribution in [2.75, 3.05) is 19.3 Å². The maximum absolute atomic E-state index is 11.6. The van der Waals surface area contributed by atoms with E-state index in [1.807, 2.05) is 0 Å². The first-order chi connectivity index (χ1) is 7.07. The molecule has 1 aliphatic carbocycles. The zero-order valence-corrected chi connectivity index (χ0v) is 10.1. The van der Waals surface area contributed by atoms with Crippen LogP contribution in [0.1, 0.15) is 32.1 Å². The molecule has 0 aromatic heterocycles. The van der Waals surface area contributed by atoms with Crippen molar-refractivity contribution in [1.29, 1.82) is 0 Å². The van der Waals surface area contributed by atoms with Crippen LogP contribution in [0.5, 0.6) is 0 Å². The molecule has 1 unspecified atom stereocenters. The van der Waals surface area contributed by atoms with Crippen LogP contribution in [0.2, 0.25) is 0 Å². The molecule has 0 radical (unpaired) electrons. The summed E-state index contributed by atoms with van der Waals surface area (Å²) in [5.41, 5.74) is 0. The molecule has 1 saturated heterocycles. The third kappa shape index (κ3) is 3.16. The van der Waals surface area contributed by atoms with Gasteiger partial charge in [0.05, 0.1) is 6.26 Å². The van der Waals surface area contributed by atoms with E-state index >= 15 is 0 Å². The van der Waals surface area contributed by atoms with Crippen LogP contribution in [-0.4, -0.2) is 44.2 Å². The highest BCUT2D eigenvalue weighted by atomic mass is 32.2. The van der Waals surface area contributed by atoms with Crippen molar-refractivity contribution < 1.29 is 8.42 Å². The van der Waals surface area contributed by atoms with Crippen LogP contribution in [-0.2, 0) is 10.0 Å². The van der Waals surface area contributed by atoms with Crippen molar-refractivity contribution in [3.8, 4) is 0 Å². The second-order valence-electron chi connectivity index (χ2n) is 4.71. The Kier molecular flexibility index (Phi) is 3.33. The van der Waals surface area contributed by atoms with Crippen molar-refractivity contribution in [3.05, 3.63) is 0 Å². The van der Waals surface area contributed by atoms with Gasteiger partial charge in [0.2, 0.25) is 10.0 Å². The summed E-state index contributed by atoms with van der Waals surface area (Å²) in [6.07, 6.45) is 6.96. The monoisotopic (exact) mass is 232 g/mol. The second kappa shape index (κ2) is 4.39. The van der Waals surface area contributed by atoms with Crippen molar-refractivity contribution in [3.63, 3.8) is 0 Å². The summed E-state index contributed by atoms with van der Waals surface area (Å²) in [5.74, 6) is 0. The molecule has 0 spiro atoms. The van der Waals surface area contributed by atoms with Crippen molar-refractivity contribution >= 4 is 10.0 Å². The van der Waals surface area contributed by atoms with Crippen LogP contribution in [0, 0.1) is 0 Å². The van der Waals surface area contributed by atoms with Crippen LogP contribution >= 0.6 is 0 Å². The summed E-state index contributed by atoms with van der Waals surface area (Å²) < 4.78 is 24.9. The Hall–Kier alpha value is -0.130. The zero-order chi connectivity index (χ0) is 10.9. The van der Waals surface area contributed by atoms with Gasteiger partial charge in [0, 0.05) is 18.6 Å². The fourth-order valence-electron chi connectivity index (χ4n) is 2.21. The van der Waals surface area contributed by atoms with E-state index in [1.54, 1.807) is 4.31 Å².